The maximum Gasteiger partial charge on any atom is 0.292 e. The molecule has 2 N–H and O–H groups in total. The van der Waals surface area contributed by atoms with E-state index in [1.807, 2.05) is 12.1 Å². The molecule has 1 aliphatic rings. The van der Waals surface area contributed by atoms with Gasteiger partial charge in [0.1, 0.15) is 5.69 Å². The molecular formula is C25H33BrN2O2. The first-order valence-electron chi connectivity index (χ1n) is 11.3. The van der Waals surface area contributed by atoms with E-state index >= 15 is 0 Å². The van der Waals surface area contributed by atoms with Gasteiger partial charge in [-0.1, -0.05) is 87.2 Å². The number of unbranched alkanes of at least 4 members (excludes halogenated alkanes) is 6. The second-order valence-corrected chi connectivity index (χ2v) is 9.52. The third-order valence-corrected chi connectivity index (χ3v) is 7.07. The first kappa shape index (κ1) is 22.8. The Bertz CT molecular complexity index is 898. The van der Waals surface area contributed by atoms with E-state index in [0.29, 0.717) is 0 Å². The van der Waals surface area contributed by atoms with Crippen LogP contribution in [0.3, 0.4) is 0 Å². The zero-order valence-electron chi connectivity index (χ0n) is 18.2. The van der Waals surface area contributed by atoms with Gasteiger partial charge in [-0.15, -0.1) is 0 Å². The number of nitro benzene ring substituents is 1. The first-order chi connectivity index (χ1) is 14.4. The van der Waals surface area contributed by atoms with Crippen molar-refractivity contribution in [3.05, 3.63) is 56.0 Å². The fourth-order valence-corrected chi connectivity index (χ4v) is 5.41. The fraction of sp³-hybridized carbons (Fsp3) is 0.520. The molecule has 162 valence electrons. The lowest BCUT2D eigenvalue weighted by Crippen LogP contribution is -2.26. The van der Waals surface area contributed by atoms with Crippen molar-refractivity contribution in [1.82, 2.24) is 0 Å². The minimum atomic E-state index is -0.364. The second kappa shape index (κ2) is 9.95. The maximum atomic E-state index is 11.6. The Morgan fingerprint density at radius 3 is 2.07 bits per heavy atom. The quantitative estimate of drug-likeness (QED) is 0.155. The van der Waals surface area contributed by atoms with Crippen LogP contribution in [0.5, 0.6) is 0 Å². The average molecular weight is 473 g/mol. The average Bonchev–Trinajstić information content (AvgIpc) is 2.96. The smallest absolute Gasteiger partial charge is 0.292 e. The zero-order valence-corrected chi connectivity index (χ0v) is 19.8. The molecule has 0 aliphatic heterocycles. The molecule has 0 saturated carbocycles. The van der Waals surface area contributed by atoms with Gasteiger partial charge in [0.05, 0.1) is 4.92 Å². The van der Waals surface area contributed by atoms with Crippen molar-refractivity contribution in [3.63, 3.8) is 0 Å². The van der Waals surface area contributed by atoms with Crippen LogP contribution in [0.4, 0.5) is 11.4 Å². The lowest BCUT2D eigenvalue weighted by molar-refractivity contribution is -0.383. The van der Waals surface area contributed by atoms with Crippen LogP contribution in [0.25, 0.3) is 11.1 Å². The third-order valence-electron chi connectivity index (χ3n) is 6.58. The number of nitrogens with zero attached hydrogens (tertiary/aromatic N) is 1. The molecule has 4 nitrogen and oxygen atoms in total. The number of nitrogen functional groups attached to an aromatic ring is 1. The highest BCUT2D eigenvalue weighted by Gasteiger charge is 2.43. The van der Waals surface area contributed by atoms with Gasteiger partial charge in [0.2, 0.25) is 0 Å². The summed E-state index contributed by atoms with van der Waals surface area (Å²) < 4.78 is 1.06. The highest BCUT2D eigenvalue weighted by atomic mass is 79.9. The number of anilines is 1. The Morgan fingerprint density at radius 2 is 1.50 bits per heavy atom. The number of fused-ring (bicyclic) bond motifs is 3. The van der Waals surface area contributed by atoms with Crippen molar-refractivity contribution >= 4 is 27.3 Å². The highest BCUT2D eigenvalue weighted by molar-refractivity contribution is 9.10. The predicted molar refractivity (Wildman–Crippen MR) is 129 cm³/mol. The molecule has 0 fully saturated rings. The Labute approximate surface area is 188 Å². The highest BCUT2D eigenvalue weighted by Crippen LogP contribution is 2.56. The van der Waals surface area contributed by atoms with Crippen LogP contribution in [0.1, 0.15) is 89.2 Å². The molecule has 2 aromatic rings. The van der Waals surface area contributed by atoms with Gasteiger partial charge < -0.3 is 5.73 Å². The van der Waals surface area contributed by atoms with Crippen LogP contribution in [0, 0.1) is 10.1 Å². The van der Waals surface area contributed by atoms with Gasteiger partial charge in [-0.2, -0.15) is 0 Å². The van der Waals surface area contributed by atoms with Crippen molar-refractivity contribution < 1.29 is 4.92 Å². The van der Waals surface area contributed by atoms with Gasteiger partial charge in [0.15, 0.2) is 0 Å². The van der Waals surface area contributed by atoms with Crippen LogP contribution in [0.15, 0.2) is 34.8 Å². The van der Waals surface area contributed by atoms with E-state index in [1.54, 1.807) is 6.07 Å². The summed E-state index contributed by atoms with van der Waals surface area (Å²) in [5.74, 6) is 0. The second-order valence-electron chi connectivity index (χ2n) is 8.61. The van der Waals surface area contributed by atoms with Crippen molar-refractivity contribution in [2.75, 3.05) is 5.73 Å². The lowest BCUT2D eigenvalue weighted by Gasteiger charge is -2.33. The summed E-state index contributed by atoms with van der Waals surface area (Å²) in [5.41, 5.74) is 11.0. The molecule has 2 aromatic carbocycles. The SMILES string of the molecule is CCCCCCC1(CCCCCC)c2cc(Br)ccc2-c2cc([N+](=O)[O-])c(N)cc21. The summed E-state index contributed by atoms with van der Waals surface area (Å²) >= 11 is 3.67. The monoisotopic (exact) mass is 472 g/mol. The van der Waals surface area contributed by atoms with Crippen molar-refractivity contribution in [3.8, 4) is 11.1 Å². The molecule has 1 aliphatic carbocycles. The van der Waals surface area contributed by atoms with Crippen LogP contribution in [0.2, 0.25) is 0 Å². The van der Waals surface area contributed by atoms with E-state index in [0.717, 1.165) is 41.3 Å². The Balaban J connectivity index is 2.12. The number of benzene rings is 2. The van der Waals surface area contributed by atoms with E-state index < -0.39 is 0 Å². The Hall–Kier alpha value is -1.88. The largest absolute Gasteiger partial charge is 0.393 e. The fourth-order valence-electron chi connectivity index (χ4n) is 5.05. The van der Waals surface area contributed by atoms with Gasteiger partial charge >= 0.3 is 0 Å². The van der Waals surface area contributed by atoms with Gasteiger partial charge in [0.25, 0.3) is 5.69 Å². The Kier molecular flexibility index (Phi) is 7.56. The van der Waals surface area contributed by atoms with Gasteiger partial charge in [-0.25, -0.2) is 0 Å². The molecule has 5 heteroatoms. The minimum Gasteiger partial charge on any atom is -0.393 e. The van der Waals surface area contributed by atoms with Gasteiger partial charge in [0, 0.05) is 16.0 Å². The molecule has 3 rings (SSSR count). The maximum absolute atomic E-state index is 11.6. The Morgan fingerprint density at radius 1 is 0.900 bits per heavy atom. The number of hydrogen-bond donors (Lipinski definition) is 1. The van der Waals surface area contributed by atoms with Crippen LogP contribution in [-0.4, -0.2) is 4.92 Å². The van der Waals surface area contributed by atoms with Crippen molar-refractivity contribution in [1.29, 1.82) is 0 Å². The number of hydrogen-bond acceptors (Lipinski definition) is 3. The molecule has 0 unspecified atom stereocenters. The van der Waals surface area contributed by atoms with E-state index in [1.165, 1.54) is 49.7 Å². The topological polar surface area (TPSA) is 69.2 Å². The molecule has 0 spiro atoms. The van der Waals surface area contributed by atoms with Crippen LogP contribution < -0.4 is 5.73 Å². The summed E-state index contributed by atoms with van der Waals surface area (Å²) in [6, 6.07) is 9.99. The molecule has 0 radical (unpaired) electrons. The molecule has 30 heavy (non-hydrogen) atoms. The third kappa shape index (κ3) is 4.41. The summed E-state index contributed by atoms with van der Waals surface area (Å²) in [6.45, 7) is 4.47. The summed E-state index contributed by atoms with van der Waals surface area (Å²) in [6.07, 6.45) is 11.8. The molecular weight excluding hydrogens is 440 g/mol. The van der Waals surface area contributed by atoms with Crippen molar-refractivity contribution in [2.45, 2.75) is 83.5 Å². The van der Waals surface area contributed by atoms with Gasteiger partial charge in [-0.3, -0.25) is 10.1 Å². The van der Waals surface area contributed by atoms with Crippen LogP contribution >= 0.6 is 15.9 Å². The number of nitro groups is 1. The summed E-state index contributed by atoms with van der Waals surface area (Å²) in [5, 5.41) is 11.6. The standard InChI is InChI=1S/C25H33BrN2O2/c1-3-5-7-9-13-25(14-10-8-6-4-2)21-15-18(26)11-12-19(21)20-16-24(28(29)30)23(27)17-22(20)25/h11-12,15-17H,3-10,13-14,27H2,1-2H3. The van der Waals surface area contributed by atoms with E-state index in [-0.39, 0.29) is 21.7 Å². The molecule has 0 aromatic heterocycles. The molecule has 0 heterocycles. The van der Waals surface area contributed by atoms with E-state index in [9.17, 15) is 10.1 Å². The summed E-state index contributed by atoms with van der Waals surface area (Å²) in [7, 11) is 0. The summed E-state index contributed by atoms with van der Waals surface area (Å²) in [4.78, 5) is 11.2. The molecule has 0 amide bonds. The zero-order chi connectivity index (χ0) is 21.7. The van der Waals surface area contributed by atoms with Gasteiger partial charge in [-0.05, 0) is 53.3 Å². The van der Waals surface area contributed by atoms with Crippen molar-refractivity contribution in [2.24, 2.45) is 0 Å². The van der Waals surface area contributed by atoms with Crippen LogP contribution in [-0.2, 0) is 5.41 Å². The number of rotatable bonds is 11. The molecule has 0 atom stereocenters. The van der Waals surface area contributed by atoms with E-state index in [2.05, 4.69) is 41.9 Å². The predicted octanol–water partition coefficient (Wildman–Crippen LogP) is 8.15. The number of halogens is 1. The normalized spacial score (nSPS) is 13.8. The first-order valence-corrected chi connectivity index (χ1v) is 12.1. The molecule has 0 bridgehead atoms. The van der Waals surface area contributed by atoms with E-state index in [4.69, 9.17) is 5.73 Å². The number of nitrogens with two attached hydrogens (primary N) is 1. The molecule has 0 saturated heterocycles. The lowest BCUT2D eigenvalue weighted by atomic mass is 9.70. The minimum absolute atomic E-state index is 0.00962.